The van der Waals surface area contributed by atoms with Gasteiger partial charge in [-0.2, -0.15) is 0 Å². The Hall–Kier alpha value is -0.650. The average Bonchev–Trinajstić information content (AvgIpc) is 2.25. The lowest BCUT2D eigenvalue weighted by molar-refractivity contribution is -0.133. The molecule has 0 bridgehead atoms. The molecule has 0 spiro atoms. The first-order valence-corrected chi connectivity index (χ1v) is 5.28. The van der Waals surface area contributed by atoms with Gasteiger partial charge in [0.25, 0.3) is 0 Å². The predicted molar refractivity (Wildman–Crippen MR) is 54.2 cm³/mol. The van der Waals surface area contributed by atoms with Gasteiger partial charge in [0, 0.05) is 20.1 Å². The van der Waals surface area contributed by atoms with E-state index in [9.17, 15) is 4.79 Å². The molecule has 0 aromatic carbocycles. The summed E-state index contributed by atoms with van der Waals surface area (Å²) < 4.78 is 10.3. The van der Waals surface area contributed by atoms with Crippen molar-refractivity contribution < 1.29 is 19.4 Å². The van der Waals surface area contributed by atoms with Crippen molar-refractivity contribution in [2.75, 3.05) is 20.5 Å². The van der Waals surface area contributed by atoms with Crippen LogP contribution in [0.2, 0.25) is 0 Å². The van der Waals surface area contributed by atoms with Crippen LogP contribution in [0.25, 0.3) is 0 Å². The number of hydrogen-bond acceptors (Lipinski definition) is 4. The van der Waals surface area contributed by atoms with Crippen LogP contribution in [-0.4, -0.2) is 43.7 Å². The van der Waals surface area contributed by atoms with Gasteiger partial charge < -0.3 is 19.9 Å². The van der Waals surface area contributed by atoms with Gasteiger partial charge in [0.2, 0.25) is 5.91 Å². The van der Waals surface area contributed by atoms with Gasteiger partial charge in [0.15, 0.2) is 0 Å². The van der Waals surface area contributed by atoms with Gasteiger partial charge in [-0.3, -0.25) is 4.79 Å². The molecule has 88 valence electrons. The monoisotopic (exact) mass is 217 g/mol. The van der Waals surface area contributed by atoms with Gasteiger partial charge in [-0.05, 0) is 19.3 Å². The molecule has 5 heteroatoms. The second-order valence-electron chi connectivity index (χ2n) is 3.69. The van der Waals surface area contributed by atoms with Crippen LogP contribution >= 0.6 is 0 Å². The SMILES string of the molecule is COCO[C@H]1CCC(=O)N[C@H]1CCCO. The first-order chi connectivity index (χ1) is 7.27. The van der Waals surface area contributed by atoms with Gasteiger partial charge in [-0.1, -0.05) is 0 Å². The third kappa shape index (κ3) is 4.15. The lowest BCUT2D eigenvalue weighted by Gasteiger charge is -2.31. The van der Waals surface area contributed by atoms with E-state index in [0.29, 0.717) is 12.8 Å². The first-order valence-electron chi connectivity index (χ1n) is 5.28. The van der Waals surface area contributed by atoms with E-state index in [1.54, 1.807) is 7.11 Å². The maximum absolute atomic E-state index is 11.2. The van der Waals surface area contributed by atoms with Gasteiger partial charge in [-0.25, -0.2) is 0 Å². The molecule has 1 amide bonds. The molecule has 2 N–H and O–H groups in total. The topological polar surface area (TPSA) is 67.8 Å². The third-order valence-electron chi connectivity index (χ3n) is 2.52. The van der Waals surface area contributed by atoms with Gasteiger partial charge >= 0.3 is 0 Å². The molecule has 2 atom stereocenters. The first kappa shape index (κ1) is 12.4. The van der Waals surface area contributed by atoms with Crippen LogP contribution in [0.1, 0.15) is 25.7 Å². The van der Waals surface area contributed by atoms with Crippen LogP contribution in [0.3, 0.4) is 0 Å². The van der Waals surface area contributed by atoms with E-state index in [2.05, 4.69) is 5.32 Å². The number of amides is 1. The van der Waals surface area contributed by atoms with Crippen molar-refractivity contribution in [3.05, 3.63) is 0 Å². The van der Waals surface area contributed by atoms with Crippen molar-refractivity contribution in [1.29, 1.82) is 0 Å². The van der Waals surface area contributed by atoms with Crippen LogP contribution < -0.4 is 5.32 Å². The molecule has 0 radical (unpaired) electrons. The Morgan fingerprint density at radius 2 is 2.40 bits per heavy atom. The smallest absolute Gasteiger partial charge is 0.220 e. The molecule has 1 aliphatic rings. The normalized spacial score (nSPS) is 26.4. The molecule has 15 heavy (non-hydrogen) atoms. The standard InChI is InChI=1S/C10H19NO4/c1-14-7-15-9-4-5-10(13)11-8(9)3-2-6-12/h8-9,12H,2-7H2,1H3,(H,11,13)/t8-,9-/m0/s1. The second kappa shape index (κ2) is 6.76. The molecule has 1 heterocycles. The highest BCUT2D eigenvalue weighted by atomic mass is 16.7. The maximum atomic E-state index is 11.2. The number of nitrogens with one attached hydrogen (secondary N) is 1. The minimum absolute atomic E-state index is 0.00792. The molecule has 0 aromatic rings. The number of carbonyl (C=O) groups excluding carboxylic acids is 1. The summed E-state index contributed by atoms with van der Waals surface area (Å²) >= 11 is 0. The molecule has 1 fully saturated rings. The van der Waals surface area contributed by atoms with Crippen molar-refractivity contribution in [2.45, 2.75) is 37.8 Å². The highest BCUT2D eigenvalue weighted by Gasteiger charge is 2.28. The number of ether oxygens (including phenoxy) is 2. The lowest BCUT2D eigenvalue weighted by Crippen LogP contribution is -2.49. The molecular formula is C10H19NO4. The fourth-order valence-electron chi connectivity index (χ4n) is 1.77. The Labute approximate surface area is 89.8 Å². The number of carbonyl (C=O) groups is 1. The third-order valence-corrected chi connectivity index (χ3v) is 2.52. The van der Waals surface area contributed by atoms with Crippen LogP contribution in [-0.2, 0) is 14.3 Å². The summed E-state index contributed by atoms with van der Waals surface area (Å²) in [5.41, 5.74) is 0. The highest BCUT2D eigenvalue weighted by molar-refractivity contribution is 5.77. The van der Waals surface area contributed by atoms with E-state index in [1.165, 1.54) is 0 Å². The Bertz CT molecular complexity index is 198. The highest BCUT2D eigenvalue weighted by Crippen LogP contribution is 2.17. The summed E-state index contributed by atoms with van der Waals surface area (Å²) in [6, 6.07) is 0.00792. The molecule has 0 aliphatic carbocycles. The zero-order valence-electron chi connectivity index (χ0n) is 9.07. The fraction of sp³-hybridized carbons (Fsp3) is 0.900. The molecule has 1 saturated heterocycles. The molecular weight excluding hydrogens is 198 g/mol. The van der Waals surface area contributed by atoms with Gasteiger partial charge in [0.05, 0.1) is 12.1 Å². The van der Waals surface area contributed by atoms with Crippen molar-refractivity contribution in [2.24, 2.45) is 0 Å². The second-order valence-corrected chi connectivity index (χ2v) is 3.69. The van der Waals surface area contributed by atoms with Crippen LogP contribution in [0.5, 0.6) is 0 Å². The van der Waals surface area contributed by atoms with Crippen molar-refractivity contribution in [1.82, 2.24) is 5.32 Å². The van der Waals surface area contributed by atoms with Gasteiger partial charge in [-0.15, -0.1) is 0 Å². The molecule has 1 aliphatic heterocycles. The fourth-order valence-corrected chi connectivity index (χ4v) is 1.77. The molecule has 5 nitrogen and oxygen atoms in total. The number of aliphatic hydroxyl groups excluding tert-OH is 1. The number of rotatable bonds is 6. The lowest BCUT2D eigenvalue weighted by atomic mass is 9.97. The Kier molecular flexibility index (Phi) is 5.60. The van der Waals surface area contributed by atoms with E-state index in [4.69, 9.17) is 14.6 Å². The summed E-state index contributed by atoms with van der Waals surface area (Å²) in [5, 5.41) is 11.6. The van der Waals surface area contributed by atoms with E-state index < -0.39 is 0 Å². The number of hydrogen-bond donors (Lipinski definition) is 2. The number of methoxy groups -OCH3 is 1. The van der Waals surface area contributed by atoms with Crippen molar-refractivity contribution in [3.63, 3.8) is 0 Å². The zero-order chi connectivity index (χ0) is 11.1. The van der Waals surface area contributed by atoms with E-state index in [-0.39, 0.29) is 31.5 Å². The predicted octanol–water partition coefficient (Wildman–Crippen LogP) is 0.0266. The molecule has 1 rings (SSSR count). The molecule has 0 unspecified atom stereocenters. The maximum Gasteiger partial charge on any atom is 0.220 e. The quantitative estimate of drug-likeness (QED) is 0.616. The van der Waals surface area contributed by atoms with Crippen molar-refractivity contribution in [3.8, 4) is 0 Å². The van der Waals surface area contributed by atoms with E-state index in [1.807, 2.05) is 0 Å². The number of aliphatic hydroxyl groups is 1. The average molecular weight is 217 g/mol. The minimum Gasteiger partial charge on any atom is -0.396 e. The Balaban J connectivity index is 2.38. The van der Waals surface area contributed by atoms with Gasteiger partial charge in [0.1, 0.15) is 6.79 Å². The molecule has 0 aromatic heterocycles. The minimum atomic E-state index is 0.00792. The van der Waals surface area contributed by atoms with E-state index in [0.717, 1.165) is 12.8 Å². The van der Waals surface area contributed by atoms with E-state index >= 15 is 0 Å². The largest absolute Gasteiger partial charge is 0.396 e. The van der Waals surface area contributed by atoms with Crippen LogP contribution in [0, 0.1) is 0 Å². The van der Waals surface area contributed by atoms with Crippen LogP contribution in [0.4, 0.5) is 0 Å². The molecule has 0 saturated carbocycles. The Morgan fingerprint density at radius 3 is 3.07 bits per heavy atom. The summed E-state index contributed by atoms with van der Waals surface area (Å²) in [6.45, 7) is 0.388. The summed E-state index contributed by atoms with van der Waals surface area (Å²) in [5.74, 6) is 0.0650. The van der Waals surface area contributed by atoms with Crippen molar-refractivity contribution >= 4 is 5.91 Å². The van der Waals surface area contributed by atoms with Crippen LogP contribution in [0.15, 0.2) is 0 Å². The Morgan fingerprint density at radius 1 is 1.60 bits per heavy atom. The summed E-state index contributed by atoms with van der Waals surface area (Å²) in [4.78, 5) is 11.2. The zero-order valence-corrected chi connectivity index (χ0v) is 9.07. The summed E-state index contributed by atoms with van der Waals surface area (Å²) in [6.07, 6.45) is 2.66. The number of piperidine rings is 1. The summed E-state index contributed by atoms with van der Waals surface area (Å²) in [7, 11) is 1.57.